The molecule has 4 rings (SSSR count). The minimum Gasteiger partial charge on any atom is -0.393 e. The Balaban J connectivity index is 1.47. The fraction of sp³-hybridized carbons (Fsp3) is 0.800. The maximum absolute atomic E-state index is 10.4. The van der Waals surface area contributed by atoms with Crippen LogP contribution < -0.4 is 4.90 Å². The van der Waals surface area contributed by atoms with Gasteiger partial charge in [-0.15, -0.1) is 0 Å². The summed E-state index contributed by atoms with van der Waals surface area (Å²) in [4.78, 5) is 14.2. The number of aliphatic hydroxyl groups excluding tert-OH is 1. The van der Waals surface area contributed by atoms with Gasteiger partial charge in [0.25, 0.3) is 0 Å². The monoisotopic (exact) mass is 360 g/mol. The predicted molar refractivity (Wildman–Crippen MR) is 101 cm³/mol. The number of fused-ring (bicyclic) bond motifs is 1. The van der Waals surface area contributed by atoms with Crippen LogP contribution in [0.1, 0.15) is 51.6 Å². The Hall–Kier alpha value is -1.24. The van der Waals surface area contributed by atoms with Gasteiger partial charge in [-0.05, 0) is 39.2 Å². The summed E-state index contributed by atoms with van der Waals surface area (Å²) < 4.78 is 5.83. The molecular weight excluding hydrogens is 328 g/mol. The third-order valence-corrected chi connectivity index (χ3v) is 6.22. The molecule has 3 heterocycles. The minimum atomic E-state index is -0.117. The van der Waals surface area contributed by atoms with Crippen LogP contribution in [0.2, 0.25) is 0 Å². The number of piperidine rings is 1. The number of hydrogen-bond acceptors (Lipinski definition) is 6. The molecule has 1 N–H and O–H groups in total. The Morgan fingerprint density at radius 2 is 1.92 bits per heavy atom. The Morgan fingerprint density at radius 1 is 1.15 bits per heavy atom. The van der Waals surface area contributed by atoms with E-state index in [1.807, 2.05) is 12.3 Å². The predicted octanol–water partition coefficient (Wildman–Crippen LogP) is 2.22. The van der Waals surface area contributed by atoms with Crippen LogP contribution in [0, 0.1) is 5.92 Å². The molecule has 6 heteroatoms. The summed E-state index contributed by atoms with van der Waals surface area (Å²) in [5.74, 6) is 1.27. The highest BCUT2D eigenvalue weighted by Gasteiger charge is 2.38. The lowest BCUT2D eigenvalue weighted by molar-refractivity contribution is -0.0398. The number of anilines is 1. The number of nitrogens with zero attached hydrogens (tertiary/aromatic N) is 4. The molecule has 0 aromatic carbocycles. The Morgan fingerprint density at radius 3 is 2.73 bits per heavy atom. The van der Waals surface area contributed by atoms with Crippen LogP contribution in [-0.2, 0) is 11.3 Å². The number of ether oxygens (including phenoxy) is 1. The molecule has 144 valence electrons. The van der Waals surface area contributed by atoms with E-state index < -0.39 is 0 Å². The van der Waals surface area contributed by atoms with Gasteiger partial charge < -0.3 is 14.7 Å². The second kappa shape index (κ2) is 7.79. The molecule has 0 spiro atoms. The van der Waals surface area contributed by atoms with Gasteiger partial charge in [-0.2, -0.15) is 0 Å². The number of aliphatic hydroxyl groups is 1. The molecular formula is C20H32N4O2. The smallest absolute Gasteiger partial charge is 0.225 e. The summed E-state index contributed by atoms with van der Waals surface area (Å²) >= 11 is 0. The van der Waals surface area contributed by atoms with Crippen LogP contribution in [0.4, 0.5) is 5.95 Å². The van der Waals surface area contributed by atoms with Gasteiger partial charge in [-0.25, -0.2) is 9.97 Å². The van der Waals surface area contributed by atoms with Crippen molar-refractivity contribution in [3.05, 3.63) is 18.0 Å². The number of likely N-dealkylation sites (tertiary alicyclic amines) is 1. The summed E-state index contributed by atoms with van der Waals surface area (Å²) in [7, 11) is 0. The second-order valence-electron chi connectivity index (χ2n) is 8.35. The van der Waals surface area contributed by atoms with E-state index in [2.05, 4.69) is 28.6 Å². The van der Waals surface area contributed by atoms with Gasteiger partial charge in [0, 0.05) is 44.3 Å². The normalized spacial score (nSPS) is 36.0. The van der Waals surface area contributed by atoms with Gasteiger partial charge in [-0.1, -0.05) is 12.8 Å². The Kier molecular flexibility index (Phi) is 5.43. The van der Waals surface area contributed by atoms with Crippen LogP contribution >= 0.6 is 0 Å². The first-order valence-corrected chi connectivity index (χ1v) is 10.2. The van der Waals surface area contributed by atoms with Crippen LogP contribution in [-0.4, -0.2) is 64.0 Å². The molecule has 2 saturated heterocycles. The molecule has 3 fully saturated rings. The second-order valence-corrected chi connectivity index (χ2v) is 8.35. The van der Waals surface area contributed by atoms with Gasteiger partial charge in [0.05, 0.1) is 24.0 Å². The van der Waals surface area contributed by atoms with Gasteiger partial charge in [0.15, 0.2) is 0 Å². The van der Waals surface area contributed by atoms with Crippen molar-refractivity contribution < 1.29 is 9.84 Å². The first-order valence-electron chi connectivity index (χ1n) is 10.2. The van der Waals surface area contributed by atoms with Gasteiger partial charge >= 0.3 is 0 Å². The molecule has 6 nitrogen and oxygen atoms in total. The fourth-order valence-corrected chi connectivity index (χ4v) is 5.09. The summed E-state index contributed by atoms with van der Waals surface area (Å²) in [6, 6.07) is 2.55. The Bertz CT molecular complexity index is 603. The first kappa shape index (κ1) is 18.1. The maximum atomic E-state index is 10.4. The van der Waals surface area contributed by atoms with Gasteiger partial charge in [0.2, 0.25) is 5.95 Å². The number of rotatable bonds is 3. The van der Waals surface area contributed by atoms with E-state index in [-0.39, 0.29) is 18.3 Å². The standard InChI is InChI=1S/C20H32N4O2/c1-14-11-24(12-15(2)26-14)20-21-9-7-16(22-20)13-23-10-8-19(25)17-5-3-4-6-18(17)23/h7,9,14-15,17-19,25H,3-6,8,10-13H2,1-2H3/t14-,15+,17-,18-,19-/m0/s1. The Labute approximate surface area is 156 Å². The van der Waals surface area contributed by atoms with Crippen molar-refractivity contribution in [2.24, 2.45) is 5.92 Å². The van der Waals surface area contributed by atoms with E-state index in [4.69, 9.17) is 9.72 Å². The quantitative estimate of drug-likeness (QED) is 0.892. The lowest BCUT2D eigenvalue weighted by Crippen LogP contribution is -2.52. The summed E-state index contributed by atoms with van der Waals surface area (Å²) in [6.07, 6.45) is 7.99. The van der Waals surface area contributed by atoms with Crippen LogP contribution in [0.3, 0.4) is 0 Å². The summed E-state index contributed by atoms with van der Waals surface area (Å²) in [5.41, 5.74) is 1.09. The molecule has 0 amide bonds. The molecule has 5 atom stereocenters. The van der Waals surface area contributed by atoms with Crippen molar-refractivity contribution in [3.8, 4) is 0 Å². The highest BCUT2D eigenvalue weighted by molar-refractivity contribution is 5.31. The van der Waals surface area contributed by atoms with Crippen molar-refractivity contribution >= 4 is 5.95 Å². The van der Waals surface area contributed by atoms with Crippen molar-refractivity contribution in [3.63, 3.8) is 0 Å². The molecule has 0 bridgehead atoms. The lowest BCUT2D eigenvalue weighted by Gasteiger charge is -2.46. The van der Waals surface area contributed by atoms with Crippen LogP contribution in [0.25, 0.3) is 0 Å². The average molecular weight is 361 g/mol. The SMILES string of the molecule is C[C@@H]1CN(c2nccc(CN3CC[C@H](O)[C@H]4CCCC[C@@H]43)n2)C[C@H](C)O1. The molecule has 2 aliphatic heterocycles. The summed E-state index contributed by atoms with van der Waals surface area (Å²) in [6.45, 7) is 7.72. The zero-order chi connectivity index (χ0) is 18.1. The van der Waals surface area contributed by atoms with Crippen molar-refractivity contribution in [2.45, 2.75) is 76.9 Å². The summed E-state index contributed by atoms with van der Waals surface area (Å²) in [5, 5.41) is 10.4. The molecule has 26 heavy (non-hydrogen) atoms. The molecule has 0 radical (unpaired) electrons. The molecule has 1 saturated carbocycles. The highest BCUT2D eigenvalue weighted by Crippen LogP contribution is 2.36. The maximum Gasteiger partial charge on any atom is 0.225 e. The number of hydrogen-bond donors (Lipinski definition) is 1. The van der Waals surface area contributed by atoms with Crippen LogP contribution in [0.5, 0.6) is 0 Å². The molecule has 0 unspecified atom stereocenters. The highest BCUT2D eigenvalue weighted by atomic mass is 16.5. The average Bonchev–Trinajstić information content (AvgIpc) is 2.64. The molecule has 1 aromatic heterocycles. The largest absolute Gasteiger partial charge is 0.393 e. The van der Waals surface area contributed by atoms with E-state index in [1.165, 1.54) is 25.7 Å². The van der Waals surface area contributed by atoms with Crippen LogP contribution in [0.15, 0.2) is 12.3 Å². The van der Waals surface area contributed by atoms with E-state index >= 15 is 0 Å². The number of morpholine rings is 1. The first-order chi connectivity index (χ1) is 12.6. The third kappa shape index (κ3) is 3.87. The van der Waals surface area contributed by atoms with Crippen molar-refractivity contribution in [1.82, 2.24) is 14.9 Å². The van der Waals surface area contributed by atoms with E-state index in [9.17, 15) is 5.11 Å². The fourth-order valence-electron chi connectivity index (χ4n) is 5.09. The minimum absolute atomic E-state index is 0.117. The van der Waals surface area contributed by atoms with Crippen molar-refractivity contribution in [2.75, 3.05) is 24.5 Å². The zero-order valence-electron chi connectivity index (χ0n) is 16.0. The third-order valence-electron chi connectivity index (χ3n) is 6.22. The van der Waals surface area contributed by atoms with Crippen molar-refractivity contribution in [1.29, 1.82) is 0 Å². The van der Waals surface area contributed by atoms with E-state index in [0.29, 0.717) is 12.0 Å². The molecule has 3 aliphatic rings. The molecule has 1 aromatic rings. The van der Waals surface area contributed by atoms with Gasteiger partial charge in [-0.3, -0.25) is 4.90 Å². The van der Waals surface area contributed by atoms with E-state index in [1.54, 1.807) is 0 Å². The molecule has 1 aliphatic carbocycles. The zero-order valence-corrected chi connectivity index (χ0v) is 16.0. The lowest BCUT2D eigenvalue weighted by atomic mass is 9.76. The topological polar surface area (TPSA) is 61.7 Å². The number of aromatic nitrogens is 2. The van der Waals surface area contributed by atoms with Gasteiger partial charge in [0.1, 0.15) is 0 Å². The van der Waals surface area contributed by atoms with E-state index in [0.717, 1.165) is 44.2 Å².